The van der Waals surface area contributed by atoms with E-state index in [0.717, 1.165) is 4.81 Å². The van der Waals surface area contributed by atoms with E-state index in [1.165, 1.54) is 0 Å². The molecule has 0 unspecified atom stereocenters. The number of hydrogen-bond acceptors (Lipinski definition) is 8. The molecule has 14 heteroatoms. The van der Waals surface area contributed by atoms with Crippen LogP contribution in [-0.2, 0) is 0 Å². The van der Waals surface area contributed by atoms with Gasteiger partial charge in [-0.15, -0.1) is 15.8 Å². The van der Waals surface area contributed by atoms with Crippen molar-refractivity contribution in [3.05, 3.63) is 0 Å². The van der Waals surface area contributed by atoms with Crippen LogP contribution in [0.3, 0.4) is 0 Å². The second-order valence-corrected chi connectivity index (χ2v) is 2.47. The molecule has 0 fully saturated rings. The van der Waals surface area contributed by atoms with Crippen molar-refractivity contribution in [2.24, 2.45) is 21.7 Å². The summed E-state index contributed by atoms with van der Waals surface area (Å²) in [6.45, 7) is 0. The Kier molecular flexibility index (Phi) is 2.77. The second-order valence-electron chi connectivity index (χ2n) is 2.47. The summed E-state index contributed by atoms with van der Waals surface area (Å²) in [5.41, 5.74) is 12.7. The Balaban J connectivity index is 2.28. The van der Waals surface area contributed by atoms with Gasteiger partial charge >= 0.3 is 11.9 Å². The van der Waals surface area contributed by atoms with Crippen LogP contribution in [0.5, 0.6) is 0 Å². The van der Waals surface area contributed by atoms with Crippen LogP contribution in [0.15, 0.2) is 10.2 Å². The number of aromatic nitrogens is 8. The lowest BCUT2D eigenvalue weighted by molar-refractivity contribution is -0.577. The van der Waals surface area contributed by atoms with Crippen LogP contribution in [0.1, 0.15) is 0 Å². The van der Waals surface area contributed by atoms with Crippen LogP contribution < -0.4 is 17.0 Å². The summed E-state index contributed by atoms with van der Waals surface area (Å²) < 4.78 is 0. The van der Waals surface area contributed by atoms with Crippen LogP contribution in [0, 0.1) is 0 Å². The maximum atomic E-state index is 5.15. The van der Waals surface area contributed by atoms with Crippen LogP contribution in [-0.4, -0.2) is 52.0 Å². The monoisotopic (exact) mass is 239 g/mol. The molecule has 2 rings (SSSR count). The van der Waals surface area contributed by atoms with Crippen LogP contribution in [0.2, 0.25) is 0 Å². The topological polar surface area (TPSA) is 201 Å². The minimum absolute atomic E-state index is 0.0214. The first-order valence-electron chi connectivity index (χ1n) is 4.08. The van der Waals surface area contributed by atoms with Gasteiger partial charge in [0, 0.05) is 15.4 Å². The van der Waals surface area contributed by atoms with Crippen molar-refractivity contribution in [3.63, 3.8) is 0 Å². The molecule has 17 heavy (non-hydrogen) atoms. The molecule has 7 N–H and O–H groups in total. The molecule has 2 aromatic rings. The van der Waals surface area contributed by atoms with E-state index in [9.17, 15) is 0 Å². The van der Waals surface area contributed by atoms with E-state index >= 15 is 0 Å². The Morgan fingerprint density at radius 2 is 1.94 bits per heavy atom. The summed E-state index contributed by atoms with van der Waals surface area (Å²) in [7, 11) is 0. The number of nitrogens with zero attached hydrogens (tertiary/aromatic N) is 9. The Hall–Kier alpha value is -3.19. The number of H-pyrrole nitrogens is 2. The SMILES string of the molecule is NC(N)=NN[N+](=Nc1nn[nH]n1)c1nn[nH]n1. The number of guanidine groups is 1. The van der Waals surface area contributed by atoms with Gasteiger partial charge in [0.2, 0.25) is 0 Å². The Labute approximate surface area is 92.1 Å². The highest BCUT2D eigenvalue weighted by molar-refractivity contribution is 5.75. The lowest BCUT2D eigenvalue weighted by Crippen LogP contribution is -2.29. The molecule has 0 aliphatic carbocycles. The number of hydrazine groups is 1. The van der Waals surface area contributed by atoms with E-state index in [0.29, 0.717) is 0 Å². The molecule has 0 amide bonds. The molecule has 0 aliphatic heterocycles. The fourth-order valence-corrected chi connectivity index (χ4v) is 0.751. The fourth-order valence-electron chi connectivity index (χ4n) is 0.751. The normalized spacial score (nSPS) is 11.2. The van der Waals surface area contributed by atoms with E-state index in [1.54, 1.807) is 0 Å². The molecule has 0 aliphatic rings. The summed E-state index contributed by atoms with van der Waals surface area (Å²) in [6.07, 6.45) is 0. The molecule has 2 heterocycles. The standard InChI is InChI=1S/C3H6N14/c4-1(5)6-16-17(3-9-14-15-10-3)11-2-7-12-13-8-2/h(H6,4,5,6,7,8,9,10,11,12,13,14,15,16)/p+1. The average molecular weight is 239 g/mol. The number of hydrazone groups is 1. The zero-order valence-electron chi connectivity index (χ0n) is 8.18. The van der Waals surface area contributed by atoms with Crippen molar-refractivity contribution in [3.8, 4) is 0 Å². The van der Waals surface area contributed by atoms with Gasteiger partial charge in [-0.2, -0.15) is 5.21 Å². The summed E-state index contributed by atoms with van der Waals surface area (Å²) in [5.74, 6) is -0.130. The number of azo groups is 1. The molecule has 0 bridgehead atoms. The molecular formula is C3H7N14+. The van der Waals surface area contributed by atoms with Crippen molar-refractivity contribution in [2.75, 3.05) is 0 Å². The highest BCUT2D eigenvalue weighted by Gasteiger charge is 2.15. The van der Waals surface area contributed by atoms with Crippen LogP contribution >= 0.6 is 0 Å². The van der Waals surface area contributed by atoms with Gasteiger partial charge in [-0.1, -0.05) is 10.2 Å². The predicted molar refractivity (Wildman–Crippen MR) is 49.3 cm³/mol. The molecular weight excluding hydrogens is 232 g/mol. The highest BCUT2D eigenvalue weighted by atomic mass is 15.7. The number of nitrogens with two attached hydrogens (primary N) is 2. The first kappa shape index (κ1) is 10.3. The van der Waals surface area contributed by atoms with Crippen molar-refractivity contribution >= 4 is 17.9 Å². The summed E-state index contributed by atoms with van der Waals surface area (Å²) in [4.78, 5) is 0.994. The number of rotatable bonds is 4. The summed E-state index contributed by atoms with van der Waals surface area (Å²) >= 11 is 0. The van der Waals surface area contributed by atoms with Gasteiger partial charge in [0.05, 0.1) is 0 Å². The Morgan fingerprint density at radius 1 is 1.18 bits per heavy atom. The van der Waals surface area contributed by atoms with Gasteiger partial charge in [-0.25, -0.2) is 0 Å². The number of aromatic amines is 2. The fraction of sp³-hybridized carbons (Fsp3) is 0. The molecule has 14 nitrogen and oxygen atoms in total. The quantitative estimate of drug-likeness (QED) is 0.120. The number of tetrazole rings is 2. The molecule has 2 aromatic heterocycles. The molecule has 0 radical (unpaired) electrons. The Morgan fingerprint density at radius 3 is 2.53 bits per heavy atom. The van der Waals surface area contributed by atoms with Gasteiger partial charge in [-0.3, -0.25) is 0 Å². The van der Waals surface area contributed by atoms with Crippen molar-refractivity contribution in [2.45, 2.75) is 0 Å². The maximum Gasteiger partial charge on any atom is 0.469 e. The minimum atomic E-state index is -0.207. The Bertz CT molecular complexity index is 498. The van der Waals surface area contributed by atoms with Crippen molar-refractivity contribution in [1.82, 2.24) is 46.8 Å². The third-order valence-corrected chi connectivity index (χ3v) is 1.32. The minimum Gasteiger partial charge on any atom is -0.358 e. The summed E-state index contributed by atoms with van der Waals surface area (Å²) in [5, 5.41) is 33.0. The zero-order valence-corrected chi connectivity index (χ0v) is 8.18. The number of nitrogens with one attached hydrogen (secondary N) is 3. The second kappa shape index (κ2) is 4.55. The van der Waals surface area contributed by atoms with Crippen molar-refractivity contribution in [1.29, 1.82) is 0 Å². The van der Waals surface area contributed by atoms with Gasteiger partial charge in [0.1, 0.15) is 0 Å². The molecule has 0 saturated carbocycles. The predicted octanol–water partition coefficient (Wildman–Crippen LogP) is -3.17. The zero-order chi connectivity index (χ0) is 12.1. The van der Waals surface area contributed by atoms with Crippen molar-refractivity contribution < 1.29 is 4.81 Å². The average Bonchev–Trinajstić information content (AvgIpc) is 2.96. The van der Waals surface area contributed by atoms with E-state index in [1.807, 2.05) is 0 Å². The molecule has 0 saturated heterocycles. The third kappa shape index (κ3) is 2.64. The van der Waals surface area contributed by atoms with Crippen LogP contribution in [0.4, 0.5) is 11.9 Å². The molecule has 88 valence electrons. The lowest BCUT2D eigenvalue weighted by atomic mass is 11.0. The lowest BCUT2D eigenvalue weighted by Gasteiger charge is -1.94. The third-order valence-electron chi connectivity index (χ3n) is 1.32. The van der Waals surface area contributed by atoms with Gasteiger partial charge in [0.25, 0.3) is 5.96 Å². The summed E-state index contributed by atoms with van der Waals surface area (Å²) in [6, 6.07) is 0. The first-order valence-corrected chi connectivity index (χ1v) is 4.08. The van der Waals surface area contributed by atoms with E-state index in [4.69, 9.17) is 11.5 Å². The smallest absolute Gasteiger partial charge is 0.358 e. The van der Waals surface area contributed by atoms with Gasteiger partial charge in [0.15, 0.2) is 0 Å². The molecule has 0 atom stereocenters. The molecule has 0 aromatic carbocycles. The highest BCUT2D eigenvalue weighted by Crippen LogP contribution is 2.03. The van der Waals surface area contributed by atoms with E-state index < -0.39 is 0 Å². The molecule has 0 spiro atoms. The first-order chi connectivity index (χ1) is 8.25. The van der Waals surface area contributed by atoms with Gasteiger partial charge < -0.3 is 11.5 Å². The van der Waals surface area contributed by atoms with Crippen LogP contribution in [0.25, 0.3) is 0 Å². The van der Waals surface area contributed by atoms with E-state index in [2.05, 4.69) is 57.0 Å². The maximum absolute atomic E-state index is 5.15. The number of hydrogen-bond donors (Lipinski definition) is 5. The van der Waals surface area contributed by atoms with Gasteiger partial charge in [-0.05, 0) is 15.1 Å². The largest absolute Gasteiger partial charge is 0.469 e. The van der Waals surface area contributed by atoms with E-state index in [-0.39, 0.29) is 17.9 Å².